The van der Waals surface area contributed by atoms with E-state index < -0.39 is 35.4 Å². The number of ether oxygens (including phenoxy) is 1. The Bertz CT molecular complexity index is 564. The van der Waals surface area contributed by atoms with Crippen molar-refractivity contribution in [2.75, 3.05) is 0 Å². The summed E-state index contributed by atoms with van der Waals surface area (Å²) >= 11 is 0. The fourth-order valence-corrected chi connectivity index (χ4v) is 2.05. The van der Waals surface area contributed by atoms with Gasteiger partial charge in [-0.25, -0.2) is 9.59 Å². The molecule has 0 aromatic heterocycles. The molecule has 2 atom stereocenters. The summed E-state index contributed by atoms with van der Waals surface area (Å²) in [5.74, 6) is -3.09. The van der Waals surface area contributed by atoms with Crippen molar-refractivity contribution in [2.24, 2.45) is 11.3 Å². The van der Waals surface area contributed by atoms with E-state index in [2.05, 4.69) is 5.32 Å². The lowest BCUT2D eigenvalue weighted by Gasteiger charge is -2.29. The van der Waals surface area contributed by atoms with Crippen LogP contribution in [0.15, 0.2) is 30.3 Å². The minimum Gasteiger partial charge on any atom is -0.481 e. The molecule has 1 rings (SSSR count). The highest BCUT2D eigenvalue weighted by molar-refractivity contribution is 5.82. The van der Waals surface area contributed by atoms with Crippen molar-refractivity contribution in [3.8, 4) is 5.75 Å². The number of carboxylic acids is 2. The first-order chi connectivity index (χ1) is 10.6. The Morgan fingerprint density at radius 2 is 1.65 bits per heavy atom. The molecule has 0 fully saturated rings. The number of nitrogens with one attached hydrogen (secondary N) is 1. The number of rotatable bonds is 6. The molecule has 0 saturated heterocycles. The first kappa shape index (κ1) is 18.5. The molecule has 0 spiro atoms. The number of carboxylic acid groups (broad SMARTS) is 2. The van der Waals surface area contributed by atoms with Crippen molar-refractivity contribution in [1.82, 2.24) is 5.32 Å². The van der Waals surface area contributed by atoms with Gasteiger partial charge in [0, 0.05) is 0 Å². The molecular formula is C16H21NO6. The van der Waals surface area contributed by atoms with Crippen molar-refractivity contribution < 1.29 is 29.3 Å². The standard InChI is InChI=1S/C16H21NO6/c1-16(2,3)11(13(18)19)9-12(14(20)21)17-15(22)23-10-7-5-4-6-8-10/h4-8,11-12H,9H2,1-3H3,(H,17,22)(H,18,19)(H,20,21)/t11?,12-/m0/s1. The van der Waals surface area contributed by atoms with Crippen LogP contribution in [0.5, 0.6) is 5.75 Å². The third kappa shape index (κ3) is 5.98. The molecule has 1 aromatic carbocycles. The van der Waals surface area contributed by atoms with E-state index in [1.165, 1.54) is 0 Å². The van der Waals surface area contributed by atoms with Gasteiger partial charge < -0.3 is 20.3 Å². The van der Waals surface area contributed by atoms with Gasteiger partial charge in [0.1, 0.15) is 11.8 Å². The predicted octanol–water partition coefficient (Wildman–Crippen LogP) is 2.37. The van der Waals surface area contributed by atoms with Gasteiger partial charge in [-0.3, -0.25) is 4.79 Å². The summed E-state index contributed by atoms with van der Waals surface area (Å²) in [5, 5.41) is 20.7. The van der Waals surface area contributed by atoms with Crippen LogP contribution in [-0.4, -0.2) is 34.3 Å². The molecule has 0 aliphatic heterocycles. The van der Waals surface area contributed by atoms with Crippen LogP contribution >= 0.6 is 0 Å². The van der Waals surface area contributed by atoms with E-state index in [4.69, 9.17) is 4.74 Å². The molecular weight excluding hydrogens is 302 g/mol. The maximum atomic E-state index is 11.8. The lowest BCUT2D eigenvalue weighted by atomic mass is 9.77. The fourth-order valence-electron chi connectivity index (χ4n) is 2.05. The van der Waals surface area contributed by atoms with Crippen LogP contribution < -0.4 is 10.1 Å². The van der Waals surface area contributed by atoms with Gasteiger partial charge in [-0.05, 0) is 24.0 Å². The molecule has 1 aromatic rings. The Morgan fingerprint density at radius 1 is 1.09 bits per heavy atom. The molecule has 0 heterocycles. The van der Waals surface area contributed by atoms with Crippen LogP contribution in [0.4, 0.5) is 4.79 Å². The van der Waals surface area contributed by atoms with E-state index in [0.29, 0.717) is 0 Å². The number of amides is 1. The zero-order valence-electron chi connectivity index (χ0n) is 13.3. The molecule has 7 nitrogen and oxygen atoms in total. The third-order valence-electron chi connectivity index (χ3n) is 3.36. The molecule has 126 valence electrons. The normalized spacial score (nSPS) is 13.7. The Labute approximate surface area is 134 Å². The van der Waals surface area contributed by atoms with Gasteiger partial charge in [0.15, 0.2) is 0 Å². The molecule has 0 saturated carbocycles. The van der Waals surface area contributed by atoms with E-state index in [0.717, 1.165) is 0 Å². The van der Waals surface area contributed by atoms with Gasteiger partial charge in [0.05, 0.1) is 5.92 Å². The zero-order chi connectivity index (χ0) is 17.6. The van der Waals surface area contributed by atoms with E-state index in [9.17, 15) is 24.6 Å². The van der Waals surface area contributed by atoms with Crippen molar-refractivity contribution in [1.29, 1.82) is 0 Å². The van der Waals surface area contributed by atoms with E-state index >= 15 is 0 Å². The van der Waals surface area contributed by atoms with Crippen molar-refractivity contribution in [3.05, 3.63) is 30.3 Å². The van der Waals surface area contributed by atoms with Gasteiger partial charge in [0.2, 0.25) is 0 Å². The summed E-state index contributed by atoms with van der Waals surface area (Å²) in [7, 11) is 0. The highest BCUT2D eigenvalue weighted by atomic mass is 16.6. The van der Waals surface area contributed by atoms with E-state index in [-0.39, 0.29) is 12.2 Å². The van der Waals surface area contributed by atoms with Crippen molar-refractivity contribution in [3.63, 3.8) is 0 Å². The molecule has 7 heteroatoms. The van der Waals surface area contributed by atoms with Gasteiger partial charge in [-0.1, -0.05) is 39.0 Å². The van der Waals surface area contributed by atoms with Crippen LogP contribution in [0.3, 0.4) is 0 Å². The lowest BCUT2D eigenvalue weighted by molar-refractivity contribution is -0.147. The number of hydrogen-bond acceptors (Lipinski definition) is 4. The number of hydrogen-bond donors (Lipinski definition) is 3. The number of aliphatic carboxylic acids is 2. The summed E-state index contributed by atoms with van der Waals surface area (Å²) in [6, 6.07) is 6.81. The van der Waals surface area contributed by atoms with Gasteiger partial charge in [-0.15, -0.1) is 0 Å². The zero-order valence-corrected chi connectivity index (χ0v) is 13.3. The Hall–Kier alpha value is -2.57. The minimum atomic E-state index is -1.36. The second-order valence-electron chi connectivity index (χ2n) is 6.23. The molecule has 3 N–H and O–H groups in total. The summed E-state index contributed by atoms with van der Waals surface area (Å²) < 4.78 is 4.96. The molecule has 1 amide bonds. The summed E-state index contributed by atoms with van der Waals surface area (Å²) in [5.41, 5.74) is -0.648. The van der Waals surface area contributed by atoms with Gasteiger partial charge in [0.25, 0.3) is 0 Å². The maximum Gasteiger partial charge on any atom is 0.413 e. The first-order valence-electron chi connectivity index (χ1n) is 7.10. The van der Waals surface area contributed by atoms with E-state index in [1.807, 2.05) is 0 Å². The second kappa shape index (κ2) is 7.62. The topological polar surface area (TPSA) is 113 Å². The van der Waals surface area contributed by atoms with E-state index in [1.54, 1.807) is 51.1 Å². The highest BCUT2D eigenvalue weighted by Gasteiger charge is 2.36. The van der Waals surface area contributed by atoms with Crippen LogP contribution in [0.2, 0.25) is 0 Å². The second-order valence-corrected chi connectivity index (χ2v) is 6.23. The van der Waals surface area contributed by atoms with Gasteiger partial charge >= 0.3 is 18.0 Å². The number of para-hydroxylation sites is 1. The quantitative estimate of drug-likeness (QED) is 0.740. The summed E-state index contributed by atoms with van der Waals surface area (Å²) in [4.78, 5) is 34.4. The molecule has 1 unspecified atom stereocenters. The fraction of sp³-hybridized carbons (Fsp3) is 0.438. The number of carbonyl (C=O) groups is 3. The number of carbonyl (C=O) groups excluding carboxylic acids is 1. The van der Waals surface area contributed by atoms with Crippen LogP contribution in [0.25, 0.3) is 0 Å². The first-order valence-corrected chi connectivity index (χ1v) is 7.10. The average molecular weight is 323 g/mol. The molecule has 0 aliphatic carbocycles. The smallest absolute Gasteiger partial charge is 0.413 e. The number of benzene rings is 1. The molecule has 0 radical (unpaired) electrons. The van der Waals surface area contributed by atoms with Crippen LogP contribution in [0, 0.1) is 11.3 Å². The van der Waals surface area contributed by atoms with Crippen LogP contribution in [0.1, 0.15) is 27.2 Å². The maximum absolute atomic E-state index is 11.8. The predicted molar refractivity (Wildman–Crippen MR) is 82.2 cm³/mol. The van der Waals surface area contributed by atoms with Crippen molar-refractivity contribution in [2.45, 2.75) is 33.2 Å². The Balaban J connectivity index is 2.77. The van der Waals surface area contributed by atoms with Crippen molar-refractivity contribution >= 4 is 18.0 Å². The van der Waals surface area contributed by atoms with Gasteiger partial charge in [-0.2, -0.15) is 0 Å². The lowest BCUT2D eigenvalue weighted by Crippen LogP contribution is -2.46. The summed E-state index contributed by atoms with van der Waals surface area (Å²) in [6.45, 7) is 5.10. The third-order valence-corrected chi connectivity index (χ3v) is 3.36. The monoisotopic (exact) mass is 323 g/mol. The molecule has 0 aliphatic rings. The molecule has 0 bridgehead atoms. The highest BCUT2D eigenvalue weighted by Crippen LogP contribution is 2.30. The Morgan fingerprint density at radius 3 is 2.09 bits per heavy atom. The summed E-state index contributed by atoms with van der Waals surface area (Å²) in [6.07, 6.45) is -1.18. The minimum absolute atomic E-state index is 0.238. The molecule has 23 heavy (non-hydrogen) atoms. The Kier molecular flexibility index (Phi) is 6.12. The SMILES string of the molecule is CC(C)(C)C(C[C@H](NC(=O)Oc1ccccc1)C(=O)O)C(=O)O. The average Bonchev–Trinajstić information content (AvgIpc) is 2.42. The van der Waals surface area contributed by atoms with Crippen LogP contribution in [-0.2, 0) is 9.59 Å². The largest absolute Gasteiger partial charge is 0.481 e.